The van der Waals surface area contributed by atoms with E-state index in [1.807, 2.05) is 12.1 Å². The maximum Gasteiger partial charge on any atom is 0.312 e. The van der Waals surface area contributed by atoms with Gasteiger partial charge in [0.2, 0.25) is 0 Å². The Bertz CT molecular complexity index is 926. The molecule has 2 bridgehead atoms. The van der Waals surface area contributed by atoms with Crippen LogP contribution in [-0.4, -0.2) is 23.3 Å². The van der Waals surface area contributed by atoms with Crippen LogP contribution in [0.1, 0.15) is 71.3 Å². The second-order valence-electron chi connectivity index (χ2n) is 11.7. The SMILES string of the molecule is C[C@@]12CC[C@@H]3[C@]4(CCC[C@]3(C)C(=O)OC4)[C@@H]1CC[C@]1(C)Oc3ccc(O)cc3C[C@@H]21. The molecule has 4 nitrogen and oxygen atoms in total. The summed E-state index contributed by atoms with van der Waals surface area (Å²) in [5.41, 5.74) is 0.980. The zero-order chi connectivity index (χ0) is 20.9. The van der Waals surface area contributed by atoms with Crippen molar-refractivity contribution in [2.75, 3.05) is 6.61 Å². The number of carbonyl (C=O) groups excluding carboxylic acids is 1. The number of carbonyl (C=O) groups is 1. The van der Waals surface area contributed by atoms with Crippen LogP contribution in [0.15, 0.2) is 18.2 Å². The van der Waals surface area contributed by atoms with Gasteiger partial charge in [-0.25, -0.2) is 0 Å². The van der Waals surface area contributed by atoms with E-state index in [1.165, 1.54) is 6.42 Å². The molecule has 30 heavy (non-hydrogen) atoms. The number of phenols is 1. The lowest BCUT2D eigenvalue weighted by molar-refractivity contribution is -0.255. The molecule has 5 aliphatic rings. The second kappa shape index (κ2) is 5.75. The highest BCUT2D eigenvalue weighted by molar-refractivity contribution is 5.78. The van der Waals surface area contributed by atoms with Gasteiger partial charge in [-0.1, -0.05) is 13.3 Å². The number of esters is 1. The summed E-state index contributed by atoms with van der Waals surface area (Å²) in [4.78, 5) is 12.8. The normalized spacial score (nSPS) is 48.9. The first-order valence-corrected chi connectivity index (χ1v) is 11.9. The summed E-state index contributed by atoms with van der Waals surface area (Å²) in [6.45, 7) is 7.62. The number of hydrogen-bond acceptors (Lipinski definition) is 4. The molecule has 2 heterocycles. The van der Waals surface area contributed by atoms with Crippen LogP contribution < -0.4 is 4.74 Å². The number of phenolic OH excluding ortho intramolecular Hbond substituents is 1. The minimum atomic E-state index is -0.292. The smallest absolute Gasteiger partial charge is 0.312 e. The fourth-order valence-electron chi connectivity index (χ4n) is 9.16. The highest BCUT2D eigenvalue weighted by Crippen LogP contribution is 2.72. The number of aromatic hydroxyl groups is 1. The van der Waals surface area contributed by atoms with Crippen LogP contribution in [0.5, 0.6) is 11.5 Å². The predicted octanol–water partition coefficient (Wildman–Crippen LogP) is 5.26. The van der Waals surface area contributed by atoms with E-state index >= 15 is 0 Å². The van der Waals surface area contributed by atoms with Crippen molar-refractivity contribution in [2.45, 2.75) is 77.7 Å². The molecule has 1 aromatic rings. The third-order valence-corrected chi connectivity index (χ3v) is 10.5. The van der Waals surface area contributed by atoms with E-state index in [4.69, 9.17) is 9.47 Å². The highest BCUT2D eigenvalue weighted by atomic mass is 16.5. The molecule has 0 spiro atoms. The molecule has 6 rings (SSSR count). The first-order chi connectivity index (χ1) is 14.2. The van der Waals surface area contributed by atoms with Crippen LogP contribution in [0.3, 0.4) is 0 Å². The largest absolute Gasteiger partial charge is 0.508 e. The van der Waals surface area contributed by atoms with Gasteiger partial charge in [-0.3, -0.25) is 4.79 Å². The zero-order valence-electron chi connectivity index (χ0n) is 18.5. The van der Waals surface area contributed by atoms with Gasteiger partial charge in [-0.15, -0.1) is 0 Å². The van der Waals surface area contributed by atoms with Crippen molar-refractivity contribution in [3.05, 3.63) is 23.8 Å². The van der Waals surface area contributed by atoms with Crippen molar-refractivity contribution in [3.8, 4) is 11.5 Å². The van der Waals surface area contributed by atoms with Gasteiger partial charge in [0, 0.05) is 11.3 Å². The van der Waals surface area contributed by atoms with Gasteiger partial charge >= 0.3 is 5.97 Å². The molecule has 2 aliphatic heterocycles. The predicted molar refractivity (Wildman–Crippen MR) is 113 cm³/mol. The summed E-state index contributed by atoms with van der Waals surface area (Å²) in [6.07, 6.45) is 8.77. The molecular formula is C26H34O4. The van der Waals surface area contributed by atoms with Crippen molar-refractivity contribution in [1.29, 1.82) is 0 Å². The van der Waals surface area contributed by atoms with Gasteiger partial charge in [0.15, 0.2) is 0 Å². The first-order valence-electron chi connectivity index (χ1n) is 11.9. The van der Waals surface area contributed by atoms with Gasteiger partial charge in [-0.05, 0) is 99.8 Å². The minimum Gasteiger partial charge on any atom is -0.508 e. The molecule has 1 saturated heterocycles. The van der Waals surface area contributed by atoms with Crippen molar-refractivity contribution >= 4 is 5.97 Å². The lowest BCUT2D eigenvalue weighted by atomic mass is 9.36. The molecule has 0 unspecified atom stereocenters. The maximum absolute atomic E-state index is 12.8. The molecule has 4 heteroatoms. The van der Waals surface area contributed by atoms with E-state index < -0.39 is 0 Å². The average molecular weight is 411 g/mol. The Balaban J connectivity index is 1.43. The third kappa shape index (κ3) is 2.16. The van der Waals surface area contributed by atoms with Crippen LogP contribution in [-0.2, 0) is 16.0 Å². The molecule has 0 radical (unpaired) electrons. The van der Waals surface area contributed by atoms with Crippen molar-refractivity contribution in [1.82, 2.24) is 0 Å². The van der Waals surface area contributed by atoms with Crippen LogP contribution in [0.4, 0.5) is 0 Å². The molecule has 0 amide bonds. The van der Waals surface area contributed by atoms with Gasteiger partial charge in [0.25, 0.3) is 0 Å². The molecule has 162 valence electrons. The molecule has 1 aromatic carbocycles. The number of rotatable bonds is 0. The number of ether oxygens (including phenoxy) is 2. The summed E-state index contributed by atoms with van der Waals surface area (Å²) in [5, 5.41) is 10.1. The number of benzene rings is 1. The topological polar surface area (TPSA) is 55.8 Å². The van der Waals surface area contributed by atoms with Crippen LogP contribution in [0.2, 0.25) is 0 Å². The van der Waals surface area contributed by atoms with Crippen molar-refractivity contribution in [3.63, 3.8) is 0 Å². The van der Waals surface area contributed by atoms with Gasteiger partial charge in [0.05, 0.1) is 12.0 Å². The maximum atomic E-state index is 12.8. The molecule has 4 fully saturated rings. The Labute approximate surface area is 179 Å². The summed E-state index contributed by atoms with van der Waals surface area (Å²) >= 11 is 0. The number of hydrogen-bond donors (Lipinski definition) is 1. The molecule has 3 aliphatic carbocycles. The first kappa shape index (κ1) is 19.0. The summed E-state index contributed by atoms with van der Waals surface area (Å²) in [5.74, 6) is 2.76. The standard InChI is InChI=1S/C26H34O4/c1-23-11-7-20-24(2)9-4-10-26(20,15-29-22(24)28)19(23)8-12-25(3)21(23)14-16-13-17(27)5-6-18(16)30-25/h5-6,13,19-21,27H,4,7-12,14-15H2,1-3H3/t19-,20+,21+,23-,24+,25+,26+/m1/s1. The molecule has 7 atom stereocenters. The Hall–Kier alpha value is -1.71. The van der Waals surface area contributed by atoms with Crippen molar-refractivity contribution in [2.24, 2.45) is 34.0 Å². The number of cyclic esters (lactones) is 1. The quantitative estimate of drug-likeness (QED) is 0.593. The van der Waals surface area contributed by atoms with E-state index in [-0.39, 0.29) is 27.8 Å². The van der Waals surface area contributed by atoms with Crippen LogP contribution in [0.25, 0.3) is 0 Å². The molecule has 0 aromatic heterocycles. The van der Waals surface area contributed by atoms with Gasteiger partial charge < -0.3 is 14.6 Å². The lowest BCUT2D eigenvalue weighted by Gasteiger charge is -2.70. The minimum absolute atomic E-state index is 0.0532. The lowest BCUT2D eigenvalue weighted by Crippen LogP contribution is -2.69. The molecule has 3 saturated carbocycles. The Morgan fingerprint density at radius 1 is 1.00 bits per heavy atom. The second-order valence-corrected chi connectivity index (χ2v) is 11.7. The Morgan fingerprint density at radius 2 is 1.80 bits per heavy atom. The molecule has 1 N–H and O–H groups in total. The number of fused-ring (bicyclic) bond motifs is 4. The highest BCUT2D eigenvalue weighted by Gasteiger charge is 2.70. The van der Waals surface area contributed by atoms with Gasteiger partial charge in [0.1, 0.15) is 17.1 Å². The molecular weight excluding hydrogens is 376 g/mol. The third-order valence-electron chi connectivity index (χ3n) is 10.5. The fraction of sp³-hybridized carbons (Fsp3) is 0.731. The van der Waals surface area contributed by atoms with E-state index in [2.05, 4.69) is 20.8 Å². The van der Waals surface area contributed by atoms with E-state index in [9.17, 15) is 9.90 Å². The van der Waals surface area contributed by atoms with Gasteiger partial charge in [-0.2, -0.15) is 0 Å². The van der Waals surface area contributed by atoms with Crippen LogP contribution in [0, 0.1) is 34.0 Å². The fourth-order valence-corrected chi connectivity index (χ4v) is 9.16. The Morgan fingerprint density at radius 3 is 2.63 bits per heavy atom. The summed E-state index contributed by atoms with van der Waals surface area (Å²) in [7, 11) is 0. The van der Waals surface area contributed by atoms with E-state index in [0.717, 1.165) is 56.3 Å². The zero-order valence-corrected chi connectivity index (χ0v) is 18.5. The average Bonchev–Trinajstić information content (AvgIpc) is 2.70. The summed E-state index contributed by atoms with van der Waals surface area (Å²) in [6, 6.07) is 5.56. The summed E-state index contributed by atoms with van der Waals surface area (Å²) < 4.78 is 12.6. The van der Waals surface area contributed by atoms with Crippen LogP contribution >= 0.6 is 0 Å². The van der Waals surface area contributed by atoms with Crippen molar-refractivity contribution < 1.29 is 19.4 Å². The Kier molecular flexibility index (Phi) is 3.64. The van der Waals surface area contributed by atoms with E-state index in [0.29, 0.717) is 30.1 Å². The van der Waals surface area contributed by atoms with E-state index in [1.54, 1.807) is 6.07 Å². The monoisotopic (exact) mass is 410 g/mol.